The van der Waals surface area contributed by atoms with Crippen molar-refractivity contribution in [1.82, 2.24) is 9.55 Å². The smallest absolute Gasteiger partial charge is 0.346 e. The fraction of sp³-hybridized carbons (Fsp3) is 0.136. The van der Waals surface area contributed by atoms with Crippen LogP contribution in [0.3, 0.4) is 0 Å². The number of hydrogen-bond acceptors (Lipinski definition) is 7. The van der Waals surface area contributed by atoms with Gasteiger partial charge in [0.15, 0.2) is 0 Å². The maximum atomic E-state index is 14.7. The van der Waals surface area contributed by atoms with Gasteiger partial charge in [0, 0.05) is 17.0 Å². The van der Waals surface area contributed by atoms with Gasteiger partial charge in [-0.1, -0.05) is 0 Å². The zero-order valence-corrected chi connectivity index (χ0v) is 18.2. The lowest BCUT2D eigenvalue weighted by molar-refractivity contribution is 0.0704. The van der Waals surface area contributed by atoms with E-state index in [0.29, 0.717) is 21.6 Å². The molecule has 0 spiro atoms. The van der Waals surface area contributed by atoms with Crippen molar-refractivity contribution in [3.63, 3.8) is 0 Å². The Morgan fingerprint density at radius 1 is 1.12 bits per heavy atom. The van der Waals surface area contributed by atoms with Crippen molar-refractivity contribution >= 4 is 28.2 Å². The van der Waals surface area contributed by atoms with Crippen molar-refractivity contribution in [2.75, 3.05) is 14.2 Å². The van der Waals surface area contributed by atoms with Gasteiger partial charge in [-0.05, 0) is 30.3 Å². The fourth-order valence-electron chi connectivity index (χ4n) is 3.32. The number of hydrogen-bond donors (Lipinski definition) is 2. The number of thiophene rings is 1. The summed E-state index contributed by atoms with van der Waals surface area (Å²) in [6, 6.07) is 8.74. The van der Waals surface area contributed by atoms with E-state index in [1.54, 1.807) is 18.2 Å². The standard InChI is InChI=1S/C22H17FN2O7S/c1-30-12-4-6-17(31-2)11(7-12)9-32-13-3-5-14(23)16(8-13)25-20(26)18-15(24-22(25)29)10-33-19(18)21(27)28/h3-8,10H,9H2,1-2H3,(H,24,29)(H,27,28). The minimum atomic E-state index is -1.32. The van der Waals surface area contributed by atoms with Crippen LogP contribution in [0.25, 0.3) is 16.6 Å². The third-order valence-electron chi connectivity index (χ3n) is 4.89. The van der Waals surface area contributed by atoms with E-state index in [9.17, 15) is 23.9 Å². The Hall–Kier alpha value is -4.12. The molecule has 0 radical (unpaired) electrons. The normalized spacial score (nSPS) is 10.9. The first-order valence-corrected chi connectivity index (χ1v) is 10.4. The Bertz CT molecular complexity index is 1490. The van der Waals surface area contributed by atoms with Crippen LogP contribution in [0, 0.1) is 5.82 Å². The summed E-state index contributed by atoms with van der Waals surface area (Å²) in [4.78, 5) is 39.2. The van der Waals surface area contributed by atoms with Crippen LogP contribution in [0.5, 0.6) is 17.2 Å². The molecule has 0 fully saturated rings. The molecule has 0 saturated carbocycles. The Morgan fingerprint density at radius 3 is 2.58 bits per heavy atom. The summed E-state index contributed by atoms with van der Waals surface area (Å²) in [5.41, 5.74) is -1.50. The van der Waals surface area contributed by atoms with Gasteiger partial charge in [-0.25, -0.2) is 18.5 Å². The van der Waals surface area contributed by atoms with E-state index in [2.05, 4.69) is 4.98 Å². The van der Waals surface area contributed by atoms with Crippen LogP contribution in [-0.2, 0) is 6.61 Å². The fourth-order valence-corrected chi connectivity index (χ4v) is 4.15. The SMILES string of the molecule is COc1ccc(OC)c(COc2ccc(F)c(-n3c(=O)[nH]c4csc(C(=O)O)c4c3=O)c2)c1. The number of nitrogens with zero attached hydrogens (tertiary/aromatic N) is 1. The maximum absolute atomic E-state index is 14.7. The highest BCUT2D eigenvalue weighted by atomic mass is 32.1. The molecule has 0 saturated heterocycles. The number of aromatic amines is 1. The number of benzene rings is 2. The average molecular weight is 472 g/mol. The molecule has 11 heteroatoms. The highest BCUT2D eigenvalue weighted by Gasteiger charge is 2.20. The molecule has 0 aliphatic heterocycles. The maximum Gasteiger partial charge on any atom is 0.346 e. The van der Waals surface area contributed by atoms with Crippen LogP contribution in [0.2, 0.25) is 0 Å². The first kappa shape index (κ1) is 22.1. The van der Waals surface area contributed by atoms with Crippen LogP contribution < -0.4 is 25.5 Å². The number of aromatic carboxylic acids is 1. The molecular weight excluding hydrogens is 455 g/mol. The molecule has 4 rings (SSSR count). The predicted octanol–water partition coefficient (Wildman–Crippen LogP) is 3.17. The Kier molecular flexibility index (Phi) is 5.88. The van der Waals surface area contributed by atoms with E-state index in [1.807, 2.05) is 0 Å². The van der Waals surface area contributed by atoms with Gasteiger partial charge < -0.3 is 24.3 Å². The number of carbonyl (C=O) groups is 1. The lowest BCUT2D eigenvalue weighted by Crippen LogP contribution is -2.34. The van der Waals surface area contributed by atoms with E-state index in [1.165, 1.54) is 31.7 Å². The van der Waals surface area contributed by atoms with Crippen LogP contribution in [0.15, 0.2) is 51.4 Å². The summed E-state index contributed by atoms with van der Waals surface area (Å²) in [6.45, 7) is 0.0312. The third-order valence-corrected chi connectivity index (χ3v) is 5.86. The van der Waals surface area contributed by atoms with Crippen LogP contribution >= 0.6 is 11.3 Å². The summed E-state index contributed by atoms with van der Waals surface area (Å²) in [5, 5.41) is 10.5. The van der Waals surface area contributed by atoms with E-state index in [4.69, 9.17) is 14.2 Å². The summed E-state index contributed by atoms with van der Waals surface area (Å²) in [5.74, 6) is -0.872. The average Bonchev–Trinajstić information content (AvgIpc) is 3.23. The number of nitrogens with one attached hydrogen (secondary N) is 1. The summed E-state index contributed by atoms with van der Waals surface area (Å²) < 4.78 is 31.5. The lowest BCUT2D eigenvalue weighted by Gasteiger charge is -2.13. The minimum Gasteiger partial charge on any atom is -0.497 e. The number of H-pyrrole nitrogens is 1. The van der Waals surface area contributed by atoms with Gasteiger partial charge in [-0.3, -0.25) is 4.79 Å². The highest BCUT2D eigenvalue weighted by Crippen LogP contribution is 2.27. The highest BCUT2D eigenvalue weighted by molar-refractivity contribution is 7.13. The summed E-state index contributed by atoms with van der Waals surface area (Å²) in [6.07, 6.45) is 0. The van der Waals surface area contributed by atoms with Crippen molar-refractivity contribution in [3.05, 3.63) is 78.9 Å². The molecule has 2 N–H and O–H groups in total. The van der Waals surface area contributed by atoms with E-state index < -0.39 is 23.0 Å². The Labute approximate surface area is 189 Å². The number of carboxylic acid groups (broad SMARTS) is 1. The lowest BCUT2D eigenvalue weighted by atomic mass is 10.2. The molecule has 9 nitrogen and oxygen atoms in total. The zero-order chi connectivity index (χ0) is 23.7. The molecule has 0 atom stereocenters. The molecule has 170 valence electrons. The van der Waals surface area contributed by atoms with E-state index >= 15 is 0 Å². The summed E-state index contributed by atoms with van der Waals surface area (Å²) >= 11 is 0.794. The third kappa shape index (κ3) is 4.05. The van der Waals surface area contributed by atoms with E-state index in [0.717, 1.165) is 17.4 Å². The van der Waals surface area contributed by atoms with Crippen molar-refractivity contribution in [2.45, 2.75) is 6.61 Å². The molecule has 0 aliphatic carbocycles. The van der Waals surface area contributed by atoms with Crippen LogP contribution in [0.4, 0.5) is 4.39 Å². The number of aromatic nitrogens is 2. The second-order valence-corrected chi connectivity index (χ2v) is 7.69. The molecule has 2 aromatic carbocycles. The van der Waals surface area contributed by atoms with Gasteiger partial charge in [0.05, 0.1) is 30.8 Å². The van der Waals surface area contributed by atoms with Crippen molar-refractivity contribution in [2.24, 2.45) is 0 Å². The Balaban J connectivity index is 1.76. The first-order chi connectivity index (χ1) is 15.8. The van der Waals surface area contributed by atoms with Gasteiger partial charge in [0.1, 0.15) is 34.5 Å². The molecule has 2 aromatic heterocycles. The van der Waals surface area contributed by atoms with Crippen molar-refractivity contribution in [3.8, 4) is 22.9 Å². The predicted molar refractivity (Wildman–Crippen MR) is 119 cm³/mol. The minimum absolute atomic E-state index is 0.0312. The van der Waals surface area contributed by atoms with Gasteiger partial charge in [0.25, 0.3) is 5.56 Å². The van der Waals surface area contributed by atoms with Gasteiger partial charge in [0.2, 0.25) is 0 Å². The Morgan fingerprint density at radius 2 is 1.88 bits per heavy atom. The van der Waals surface area contributed by atoms with Gasteiger partial charge in [-0.2, -0.15) is 0 Å². The van der Waals surface area contributed by atoms with Crippen molar-refractivity contribution in [1.29, 1.82) is 0 Å². The molecular formula is C22H17FN2O7S. The van der Waals surface area contributed by atoms with Crippen LogP contribution in [0.1, 0.15) is 15.2 Å². The number of ether oxygens (including phenoxy) is 3. The molecule has 4 aromatic rings. The summed E-state index contributed by atoms with van der Waals surface area (Å²) in [7, 11) is 3.03. The zero-order valence-electron chi connectivity index (χ0n) is 17.4. The van der Waals surface area contributed by atoms with Crippen molar-refractivity contribution < 1.29 is 28.5 Å². The monoisotopic (exact) mass is 472 g/mol. The van der Waals surface area contributed by atoms with E-state index in [-0.39, 0.29) is 33.8 Å². The quantitative estimate of drug-likeness (QED) is 0.424. The largest absolute Gasteiger partial charge is 0.497 e. The van der Waals surface area contributed by atoms with Gasteiger partial charge >= 0.3 is 11.7 Å². The second kappa shape index (κ2) is 8.79. The van der Waals surface area contributed by atoms with Gasteiger partial charge in [-0.15, -0.1) is 11.3 Å². The number of rotatable bonds is 7. The number of halogens is 1. The molecule has 33 heavy (non-hydrogen) atoms. The molecule has 0 bridgehead atoms. The molecule has 0 aliphatic rings. The second-order valence-electron chi connectivity index (χ2n) is 6.81. The number of methoxy groups -OCH3 is 2. The first-order valence-electron chi connectivity index (χ1n) is 9.47. The molecule has 2 heterocycles. The molecule has 0 amide bonds. The number of carboxylic acids is 1. The topological polar surface area (TPSA) is 120 Å². The number of fused-ring (bicyclic) bond motifs is 1. The molecule has 0 unspecified atom stereocenters. The van der Waals surface area contributed by atoms with Crippen LogP contribution in [-0.4, -0.2) is 34.8 Å².